The molecule has 0 saturated heterocycles. The van der Waals surface area contributed by atoms with E-state index in [1.165, 1.54) is 48.1 Å². The number of pyridine rings is 1. The highest BCUT2D eigenvalue weighted by atomic mass is 16.4. The Kier molecular flexibility index (Phi) is 4.70. The van der Waals surface area contributed by atoms with Gasteiger partial charge in [-0.1, -0.05) is 0 Å². The van der Waals surface area contributed by atoms with Crippen LogP contribution < -0.4 is 5.73 Å². The summed E-state index contributed by atoms with van der Waals surface area (Å²) in [6.07, 6.45) is 10.3. The molecule has 0 atom stereocenters. The number of nitrogens with zero attached hydrogens (tertiary/aromatic N) is 5. The van der Waals surface area contributed by atoms with Crippen molar-refractivity contribution in [3.05, 3.63) is 47.6 Å². The number of rotatable bonds is 3. The van der Waals surface area contributed by atoms with E-state index in [1.807, 2.05) is 12.3 Å². The number of hydrogen-bond donors (Lipinski definition) is 1. The third-order valence-electron chi connectivity index (χ3n) is 4.80. The van der Waals surface area contributed by atoms with Crippen molar-refractivity contribution in [2.75, 3.05) is 0 Å². The van der Waals surface area contributed by atoms with Gasteiger partial charge in [0.2, 0.25) is 11.7 Å². The molecule has 1 fully saturated rings. The molecular weight excluding hydrogens is 344 g/mol. The molecule has 0 spiro atoms. The van der Waals surface area contributed by atoms with Crippen LogP contribution in [0.25, 0.3) is 11.5 Å². The van der Waals surface area contributed by atoms with Gasteiger partial charge in [0.1, 0.15) is 12.1 Å². The SMILES string of the molecule is Cn1ncnc1C(N)=O.c1cc(-c2nc3c(o2)CCCC3)cc(C2CC2)n1. The maximum absolute atomic E-state index is 10.4. The van der Waals surface area contributed by atoms with Gasteiger partial charge in [0.05, 0.1) is 5.69 Å². The molecule has 1 saturated carbocycles. The van der Waals surface area contributed by atoms with Crippen molar-refractivity contribution in [2.45, 2.75) is 44.4 Å². The van der Waals surface area contributed by atoms with Crippen LogP contribution in [0.4, 0.5) is 0 Å². The number of primary amides is 1. The lowest BCUT2D eigenvalue weighted by Gasteiger charge is -2.05. The normalized spacial score (nSPS) is 15.6. The second-order valence-corrected chi connectivity index (χ2v) is 6.91. The number of hydrogen-bond acceptors (Lipinski definition) is 6. The third kappa shape index (κ3) is 3.89. The number of carbonyl (C=O) groups excluding carboxylic acids is 1. The van der Waals surface area contributed by atoms with E-state index in [2.05, 4.69) is 26.1 Å². The molecule has 0 aromatic carbocycles. The Bertz CT molecular complexity index is 933. The van der Waals surface area contributed by atoms with Crippen molar-refractivity contribution < 1.29 is 9.21 Å². The van der Waals surface area contributed by atoms with Crippen LogP contribution in [0.15, 0.2) is 29.1 Å². The number of amides is 1. The Hall–Kier alpha value is -3.03. The van der Waals surface area contributed by atoms with Crippen molar-refractivity contribution >= 4 is 5.91 Å². The van der Waals surface area contributed by atoms with E-state index in [0.29, 0.717) is 5.92 Å². The second-order valence-electron chi connectivity index (χ2n) is 6.91. The minimum absolute atomic E-state index is 0.176. The van der Waals surface area contributed by atoms with Gasteiger partial charge in [0, 0.05) is 36.8 Å². The molecule has 3 aromatic heterocycles. The van der Waals surface area contributed by atoms with E-state index in [1.54, 1.807) is 7.05 Å². The molecular formula is C19H22N6O2. The topological polar surface area (TPSA) is 113 Å². The summed E-state index contributed by atoms with van der Waals surface area (Å²) in [7, 11) is 1.60. The number of carbonyl (C=O) groups is 1. The van der Waals surface area contributed by atoms with Crippen LogP contribution in [0, 0.1) is 0 Å². The van der Waals surface area contributed by atoms with E-state index >= 15 is 0 Å². The molecule has 0 bridgehead atoms. The average Bonchev–Trinajstić information content (AvgIpc) is 3.29. The van der Waals surface area contributed by atoms with E-state index < -0.39 is 5.91 Å². The molecule has 1 amide bonds. The number of aryl methyl sites for hydroxylation is 3. The van der Waals surface area contributed by atoms with E-state index in [4.69, 9.17) is 10.2 Å². The number of aromatic nitrogens is 5. The summed E-state index contributed by atoms with van der Waals surface area (Å²) < 4.78 is 7.23. The van der Waals surface area contributed by atoms with E-state index in [0.717, 1.165) is 30.1 Å². The quantitative estimate of drug-likeness (QED) is 0.761. The van der Waals surface area contributed by atoms with E-state index in [-0.39, 0.29) is 5.82 Å². The summed E-state index contributed by atoms with van der Waals surface area (Å²) in [6, 6.07) is 4.15. The van der Waals surface area contributed by atoms with Crippen LogP contribution in [0.2, 0.25) is 0 Å². The largest absolute Gasteiger partial charge is 0.441 e. The predicted molar refractivity (Wildman–Crippen MR) is 97.9 cm³/mol. The molecule has 0 unspecified atom stereocenters. The average molecular weight is 366 g/mol. The molecule has 2 aliphatic rings. The van der Waals surface area contributed by atoms with Gasteiger partial charge in [0.15, 0.2) is 0 Å². The molecule has 3 aromatic rings. The Morgan fingerprint density at radius 3 is 2.70 bits per heavy atom. The van der Waals surface area contributed by atoms with Gasteiger partial charge >= 0.3 is 0 Å². The standard InChI is InChI=1S/C15H16N2O.C4H6N4O/c1-2-4-14-12(3-1)17-15(18-14)11-7-8-16-13(9-11)10-5-6-10;1-8-4(3(5)9)6-2-7-8/h7-10H,1-6H2;2H,1H3,(H2,5,9). The second kappa shape index (κ2) is 7.30. The molecule has 8 heteroatoms. The van der Waals surface area contributed by atoms with Crippen molar-refractivity contribution in [1.29, 1.82) is 0 Å². The fourth-order valence-corrected chi connectivity index (χ4v) is 3.18. The molecule has 140 valence electrons. The van der Waals surface area contributed by atoms with Gasteiger partial charge in [-0.25, -0.2) is 14.6 Å². The first kappa shape index (κ1) is 17.4. The Morgan fingerprint density at radius 2 is 2.07 bits per heavy atom. The zero-order valence-electron chi connectivity index (χ0n) is 15.3. The highest BCUT2D eigenvalue weighted by molar-refractivity contribution is 5.88. The number of oxazole rings is 1. The summed E-state index contributed by atoms with van der Waals surface area (Å²) >= 11 is 0. The van der Waals surface area contributed by atoms with E-state index in [9.17, 15) is 4.79 Å². The summed E-state index contributed by atoms with van der Waals surface area (Å²) in [5, 5.41) is 3.64. The third-order valence-corrected chi connectivity index (χ3v) is 4.80. The van der Waals surface area contributed by atoms with Crippen LogP contribution in [0.1, 0.15) is 59.4 Å². The number of fused-ring (bicyclic) bond motifs is 1. The van der Waals surface area contributed by atoms with Crippen LogP contribution in [-0.4, -0.2) is 30.6 Å². The first-order valence-corrected chi connectivity index (χ1v) is 9.20. The fourth-order valence-electron chi connectivity index (χ4n) is 3.18. The van der Waals surface area contributed by atoms with Gasteiger partial charge < -0.3 is 10.2 Å². The molecule has 3 heterocycles. The lowest BCUT2D eigenvalue weighted by molar-refractivity contribution is 0.0986. The van der Waals surface area contributed by atoms with Gasteiger partial charge in [-0.15, -0.1) is 0 Å². The molecule has 0 aliphatic heterocycles. The Morgan fingerprint density at radius 1 is 1.26 bits per heavy atom. The fraction of sp³-hybridized carbons (Fsp3) is 0.421. The molecule has 27 heavy (non-hydrogen) atoms. The predicted octanol–water partition coefficient (Wildman–Crippen LogP) is 2.41. The highest BCUT2D eigenvalue weighted by Gasteiger charge is 2.26. The maximum Gasteiger partial charge on any atom is 0.286 e. The van der Waals surface area contributed by atoms with Gasteiger partial charge in [-0.3, -0.25) is 9.78 Å². The lowest BCUT2D eigenvalue weighted by atomic mass is 10.0. The maximum atomic E-state index is 10.4. The summed E-state index contributed by atoms with van der Waals surface area (Å²) in [4.78, 5) is 23.1. The van der Waals surface area contributed by atoms with Gasteiger partial charge in [-0.05, 0) is 44.2 Å². The van der Waals surface area contributed by atoms with Gasteiger partial charge in [0.25, 0.3) is 5.91 Å². The minimum Gasteiger partial charge on any atom is -0.441 e. The molecule has 8 nitrogen and oxygen atoms in total. The smallest absolute Gasteiger partial charge is 0.286 e. The monoisotopic (exact) mass is 366 g/mol. The summed E-state index contributed by atoms with van der Waals surface area (Å²) in [5.41, 5.74) is 8.35. The van der Waals surface area contributed by atoms with Crippen LogP contribution in [-0.2, 0) is 19.9 Å². The Labute approximate surface area is 156 Å². The number of nitrogens with two attached hydrogens (primary N) is 1. The van der Waals surface area contributed by atoms with Crippen molar-refractivity contribution in [3.63, 3.8) is 0 Å². The van der Waals surface area contributed by atoms with Crippen LogP contribution >= 0.6 is 0 Å². The molecule has 5 rings (SSSR count). The summed E-state index contributed by atoms with van der Waals surface area (Å²) in [5.74, 6) is 2.17. The first-order chi connectivity index (χ1) is 13.1. The van der Waals surface area contributed by atoms with Crippen LogP contribution in [0.5, 0.6) is 0 Å². The molecule has 0 radical (unpaired) electrons. The van der Waals surface area contributed by atoms with Crippen LogP contribution in [0.3, 0.4) is 0 Å². The van der Waals surface area contributed by atoms with Crippen molar-refractivity contribution in [3.8, 4) is 11.5 Å². The zero-order valence-corrected chi connectivity index (χ0v) is 15.3. The van der Waals surface area contributed by atoms with Gasteiger partial charge in [-0.2, -0.15) is 5.10 Å². The highest BCUT2D eigenvalue weighted by Crippen LogP contribution is 2.40. The first-order valence-electron chi connectivity index (χ1n) is 9.20. The van der Waals surface area contributed by atoms with Crippen molar-refractivity contribution in [1.82, 2.24) is 24.7 Å². The molecule has 2 N–H and O–H groups in total. The lowest BCUT2D eigenvalue weighted by Crippen LogP contribution is -2.16. The minimum atomic E-state index is -0.560. The summed E-state index contributed by atoms with van der Waals surface area (Å²) in [6.45, 7) is 0. The Balaban J connectivity index is 0.000000170. The zero-order chi connectivity index (χ0) is 18.8. The molecule has 2 aliphatic carbocycles. The van der Waals surface area contributed by atoms with Crippen molar-refractivity contribution in [2.24, 2.45) is 12.8 Å².